The third kappa shape index (κ3) is 15.0. The molecule has 0 aliphatic rings. The molecular weight excluding hydrogens is 653 g/mol. The molecule has 0 bridgehead atoms. The van der Waals surface area contributed by atoms with Crippen molar-refractivity contribution in [3.05, 3.63) is 129 Å². The minimum atomic E-state index is 0.453. The van der Waals surface area contributed by atoms with E-state index in [1.165, 1.54) is 186 Å². The lowest BCUT2D eigenvalue weighted by Gasteiger charge is -2.21. The van der Waals surface area contributed by atoms with Gasteiger partial charge in [0.2, 0.25) is 0 Å². The Labute approximate surface area is 332 Å². The van der Waals surface area contributed by atoms with Crippen LogP contribution in [0, 0.1) is 13.8 Å². The van der Waals surface area contributed by atoms with Crippen molar-refractivity contribution < 1.29 is 0 Å². The van der Waals surface area contributed by atoms with Crippen molar-refractivity contribution >= 4 is 11.4 Å². The maximum Gasteiger partial charge on any atom is 0.0316 e. The lowest BCUT2D eigenvalue weighted by atomic mass is 9.84. The molecule has 0 aliphatic heterocycles. The molecule has 0 fully saturated rings. The van der Waals surface area contributed by atoms with Crippen LogP contribution >= 0.6 is 0 Å². The van der Waals surface area contributed by atoms with Crippen LogP contribution in [-0.4, -0.2) is 0 Å². The van der Waals surface area contributed by atoms with Gasteiger partial charge < -0.3 is 11.5 Å². The molecule has 4 aromatic rings. The number of rotatable bonds is 27. The molecule has 2 nitrogen and oxygen atoms in total. The van der Waals surface area contributed by atoms with Crippen LogP contribution in [0.25, 0.3) is 0 Å². The van der Waals surface area contributed by atoms with Crippen LogP contribution in [0.5, 0.6) is 0 Å². The van der Waals surface area contributed by atoms with Crippen molar-refractivity contribution in [3.63, 3.8) is 0 Å². The van der Waals surface area contributed by atoms with Gasteiger partial charge in [0, 0.05) is 23.2 Å². The number of benzene rings is 4. The lowest BCUT2D eigenvalue weighted by Crippen LogP contribution is -2.05. The smallest absolute Gasteiger partial charge is 0.0316 e. The summed E-state index contributed by atoms with van der Waals surface area (Å²) in [6.45, 7) is 9.04. The van der Waals surface area contributed by atoms with Crippen molar-refractivity contribution in [2.24, 2.45) is 0 Å². The van der Waals surface area contributed by atoms with E-state index in [1.54, 1.807) is 0 Å². The number of anilines is 2. The van der Waals surface area contributed by atoms with Crippen molar-refractivity contribution in [2.75, 3.05) is 11.5 Å². The predicted molar refractivity (Wildman–Crippen MR) is 239 cm³/mol. The van der Waals surface area contributed by atoms with Gasteiger partial charge in [0.25, 0.3) is 0 Å². The van der Waals surface area contributed by atoms with Crippen LogP contribution in [0.4, 0.5) is 11.4 Å². The maximum absolute atomic E-state index is 6.13. The van der Waals surface area contributed by atoms with Crippen molar-refractivity contribution in [2.45, 2.75) is 181 Å². The molecule has 0 spiro atoms. The summed E-state index contributed by atoms with van der Waals surface area (Å²) in [5.41, 5.74) is 25.4. The zero-order valence-corrected chi connectivity index (χ0v) is 34.9. The Kier molecular flexibility index (Phi) is 19.8. The molecule has 4 rings (SSSR count). The average Bonchev–Trinajstić information content (AvgIpc) is 3.17. The van der Waals surface area contributed by atoms with Gasteiger partial charge in [0.05, 0.1) is 0 Å². The first-order chi connectivity index (χ1) is 26.4. The molecule has 0 aliphatic carbocycles. The molecule has 2 atom stereocenters. The van der Waals surface area contributed by atoms with E-state index in [0.717, 1.165) is 11.4 Å². The maximum atomic E-state index is 6.13. The first kappa shape index (κ1) is 43.2. The molecular formula is C52H76N2. The van der Waals surface area contributed by atoms with Crippen LogP contribution in [0.1, 0.15) is 199 Å². The Morgan fingerprint density at radius 2 is 0.722 bits per heavy atom. The van der Waals surface area contributed by atoms with E-state index in [1.807, 2.05) is 0 Å². The summed E-state index contributed by atoms with van der Waals surface area (Å²) < 4.78 is 0. The van der Waals surface area contributed by atoms with E-state index < -0.39 is 0 Å². The predicted octanol–water partition coefficient (Wildman–Crippen LogP) is 15.4. The standard InChI is InChI=1S/C52H76N2/c1-5-7-9-11-17-21-25-51(49-37-35-47(53)39-41(49)3)45-31-27-43(28-32-45)23-19-15-13-14-16-20-24-44-29-33-46(34-30-44)52(26-22-18-12-10-8-6-2)50-38-36-48(54)40-42(50)4/h27-40,51-52H,5-26,53-54H2,1-4H3. The number of hydrogen-bond donors (Lipinski definition) is 2. The number of nitrogen functional groups attached to an aromatic ring is 2. The van der Waals surface area contributed by atoms with Gasteiger partial charge in [-0.2, -0.15) is 0 Å². The quantitative estimate of drug-likeness (QED) is 0.0474. The Morgan fingerprint density at radius 1 is 0.389 bits per heavy atom. The molecule has 0 saturated carbocycles. The molecule has 0 aromatic heterocycles. The highest BCUT2D eigenvalue weighted by atomic mass is 14.5. The van der Waals surface area contributed by atoms with Crippen LogP contribution < -0.4 is 11.5 Å². The van der Waals surface area contributed by atoms with E-state index in [2.05, 4.69) is 113 Å². The minimum absolute atomic E-state index is 0.453. The molecule has 54 heavy (non-hydrogen) atoms. The number of aryl methyl sites for hydroxylation is 4. The molecule has 0 amide bonds. The van der Waals surface area contributed by atoms with Crippen LogP contribution in [-0.2, 0) is 12.8 Å². The highest BCUT2D eigenvalue weighted by Crippen LogP contribution is 2.35. The fourth-order valence-electron chi connectivity index (χ4n) is 8.64. The van der Waals surface area contributed by atoms with Crippen LogP contribution in [0.3, 0.4) is 0 Å². The molecule has 2 heteroatoms. The molecule has 2 unspecified atom stereocenters. The number of hydrogen-bond acceptors (Lipinski definition) is 2. The van der Waals surface area contributed by atoms with Gasteiger partial charge in [0.15, 0.2) is 0 Å². The normalized spacial score (nSPS) is 12.6. The highest BCUT2D eigenvalue weighted by Gasteiger charge is 2.18. The fraction of sp³-hybridized carbons (Fsp3) is 0.538. The summed E-state index contributed by atoms with van der Waals surface area (Å²) in [7, 11) is 0. The summed E-state index contributed by atoms with van der Waals surface area (Å²) in [5, 5.41) is 0. The fourth-order valence-corrected chi connectivity index (χ4v) is 8.64. The molecule has 0 saturated heterocycles. The van der Waals surface area contributed by atoms with Gasteiger partial charge in [-0.05, 0) is 121 Å². The van der Waals surface area contributed by atoms with E-state index >= 15 is 0 Å². The van der Waals surface area contributed by atoms with Crippen molar-refractivity contribution in [1.29, 1.82) is 0 Å². The summed E-state index contributed by atoms with van der Waals surface area (Å²) >= 11 is 0. The summed E-state index contributed by atoms with van der Waals surface area (Å²) in [4.78, 5) is 0. The Morgan fingerprint density at radius 3 is 1.07 bits per heavy atom. The van der Waals surface area contributed by atoms with E-state index in [4.69, 9.17) is 11.5 Å². The molecule has 294 valence electrons. The minimum Gasteiger partial charge on any atom is -0.399 e. The van der Waals surface area contributed by atoms with E-state index in [0.29, 0.717) is 11.8 Å². The second-order valence-electron chi connectivity index (χ2n) is 16.6. The van der Waals surface area contributed by atoms with Gasteiger partial charge in [-0.25, -0.2) is 0 Å². The van der Waals surface area contributed by atoms with Crippen molar-refractivity contribution in [3.8, 4) is 0 Å². The van der Waals surface area contributed by atoms with Gasteiger partial charge in [-0.15, -0.1) is 0 Å². The average molecular weight is 729 g/mol. The SMILES string of the molecule is CCCCCCCCC(c1ccc(CCCCCCCCc2ccc(C(CCCCCCCC)c3ccc(N)cc3C)cc2)cc1)c1ccc(N)cc1C. The van der Waals surface area contributed by atoms with Gasteiger partial charge >= 0.3 is 0 Å². The van der Waals surface area contributed by atoms with Crippen molar-refractivity contribution in [1.82, 2.24) is 0 Å². The molecule has 0 radical (unpaired) electrons. The second kappa shape index (κ2) is 24.8. The van der Waals surface area contributed by atoms with E-state index in [-0.39, 0.29) is 0 Å². The zero-order chi connectivity index (χ0) is 38.4. The third-order valence-electron chi connectivity index (χ3n) is 12.0. The molecule has 4 aromatic carbocycles. The van der Waals surface area contributed by atoms with Crippen LogP contribution in [0.15, 0.2) is 84.9 Å². The van der Waals surface area contributed by atoms with E-state index in [9.17, 15) is 0 Å². The van der Waals surface area contributed by atoms with Gasteiger partial charge in [-0.3, -0.25) is 0 Å². The Bertz CT molecular complexity index is 1460. The summed E-state index contributed by atoms with van der Waals surface area (Å²) in [6.07, 6.45) is 28.8. The molecule has 0 heterocycles. The number of unbranched alkanes of at least 4 members (excludes halogenated alkanes) is 15. The first-order valence-corrected chi connectivity index (χ1v) is 22.3. The topological polar surface area (TPSA) is 52.0 Å². The highest BCUT2D eigenvalue weighted by molar-refractivity contribution is 5.49. The van der Waals surface area contributed by atoms with Crippen LogP contribution in [0.2, 0.25) is 0 Å². The largest absolute Gasteiger partial charge is 0.399 e. The third-order valence-corrected chi connectivity index (χ3v) is 12.0. The summed E-state index contributed by atoms with van der Waals surface area (Å²) in [6, 6.07) is 32.2. The monoisotopic (exact) mass is 729 g/mol. The lowest BCUT2D eigenvalue weighted by molar-refractivity contribution is 0.567. The summed E-state index contributed by atoms with van der Waals surface area (Å²) in [5.74, 6) is 0.906. The second-order valence-corrected chi connectivity index (χ2v) is 16.6. The Hall–Kier alpha value is -3.52. The molecule has 4 N–H and O–H groups in total. The van der Waals surface area contributed by atoms with Gasteiger partial charge in [0.1, 0.15) is 0 Å². The Balaban J connectivity index is 1.17. The van der Waals surface area contributed by atoms with Gasteiger partial charge in [-0.1, -0.05) is 177 Å². The zero-order valence-electron chi connectivity index (χ0n) is 34.9. The number of nitrogens with two attached hydrogens (primary N) is 2. The first-order valence-electron chi connectivity index (χ1n) is 22.3.